The Hall–Kier alpha value is -3.02. The van der Waals surface area contributed by atoms with Crippen LogP contribution in [0.4, 0.5) is 0 Å². The lowest BCUT2D eigenvalue weighted by Gasteiger charge is -2.31. The summed E-state index contributed by atoms with van der Waals surface area (Å²) in [5.41, 5.74) is 3.71. The highest BCUT2D eigenvalue weighted by Gasteiger charge is 2.29. The number of piperidine rings is 1. The van der Waals surface area contributed by atoms with Gasteiger partial charge >= 0.3 is 5.97 Å². The Bertz CT molecular complexity index is 927. The van der Waals surface area contributed by atoms with Gasteiger partial charge in [-0.2, -0.15) is 0 Å². The van der Waals surface area contributed by atoms with E-state index in [0.717, 1.165) is 28.2 Å². The lowest BCUT2D eigenvalue weighted by molar-refractivity contribution is -0.149. The molecule has 2 aromatic rings. The van der Waals surface area contributed by atoms with Gasteiger partial charge in [0.25, 0.3) is 5.91 Å². The number of amides is 1. The summed E-state index contributed by atoms with van der Waals surface area (Å²) in [4.78, 5) is 26.9. The minimum Gasteiger partial charge on any atom is -0.493 e. The molecule has 6 heteroatoms. The van der Waals surface area contributed by atoms with Gasteiger partial charge in [0.2, 0.25) is 0 Å². The van der Waals surface area contributed by atoms with Gasteiger partial charge in [-0.1, -0.05) is 6.07 Å². The minimum absolute atomic E-state index is 0.0389. The molecule has 2 aromatic carbocycles. The molecule has 1 amide bonds. The second-order valence-corrected chi connectivity index (χ2v) is 8.19. The normalized spacial score (nSPS) is 14.2. The van der Waals surface area contributed by atoms with Crippen molar-refractivity contribution in [2.45, 2.75) is 47.1 Å². The second-order valence-electron chi connectivity index (χ2n) is 8.19. The van der Waals surface area contributed by atoms with E-state index in [1.165, 1.54) is 0 Å². The summed E-state index contributed by atoms with van der Waals surface area (Å²) in [7, 11) is 0. The van der Waals surface area contributed by atoms with Gasteiger partial charge in [-0.15, -0.1) is 0 Å². The quantitative estimate of drug-likeness (QED) is 0.558. The molecular weight excluding hydrogens is 406 g/mol. The Morgan fingerprint density at radius 1 is 0.938 bits per heavy atom. The van der Waals surface area contributed by atoms with Crippen LogP contribution in [0.25, 0.3) is 0 Å². The number of aryl methyl sites for hydroxylation is 2. The van der Waals surface area contributed by atoms with Crippen LogP contribution in [-0.4, -0.2) is 43.1 Å². The molecule has 0 N–H and O–H groups in total. The summed E-state index contributed by atoms with van der Waals surface area (Å²) in [6.07, 6.45) is 1.26. The molecule has 0 aromatic heterocycles. The van der Waals surface area contributed by atoms with E-state index in [9.17, 15) is 9.59 Å². The summed E-state index contributed by atoms with van der Waals surface area (Å²) >= 11 is 0. The standard InChI is InChI=1S/C26H33NO5/c1-5-30-24-8-7-21(16-22(24)17-32-23-14-18(3)13-19(4)15-23)25(28)27-11-9-20(10-12-27)26(29)31-6-2/h7-8,13-16,20H,5-6,9-12,17H2,1-4H3. The fourth-order valence-corrected chi connectivity index (χ4v) is 4.06. The number of likely N-dealkylation sites (tertiary alicyclic amines) is 1. The van der Waals surface area contributed by atoms with Crippen LogP contribution >= 0.6 is 0 Å². The van der Waals surface area contributed by atoms with Crippen molar-refractivity contribution in [3.8, 4) is 11.5 Å². The van der Waals surface area contributed by atoms with E-state index in [0.29, 0.717) is 51.3 Å². The number of ether oxygens (including phenoxy) is 3. The fraction of sp³-hybridized carbons (Fsp3) is 0.462. The summed E-state index contributed by atoms with van der Waals surface area (Å²) in [5.74, 6) is 1.19. The number of carbonyl (C=O) groups is 2. The lowest BCUT2D eigenvalue weighted by Crippen LogP contribution is -2.40. The molecule has 1 aliphatic rings. The van der Waals surface area contributed by atoms with Crippen molar-refractivity contribution in [1.29, 1.82) is 0 Å². The third-order valence-corrected chi connectivity index (χ3v) is 5.60. The number of esters is 1. The maximum absolute atomic E-state index is 13.1. The highest BCUT2D eigenvalue weighted by molar-refractivity contribution is 5.94. The molecule has 32 heavy (non-hydrogen) atoms. The average Bonchev–Trinajstić information content (AvgIpc) is 2.78. The van der Waals surface area contributed by atoms with E-state index >= 15 is 0 Å². The van der Waals surface area contributed by atoms with Crippen molar-refractivity contribution in [3.05, 3.63) is 58.7 Å². The molecule has 0 bridgehead atoms. The molecule has 0 saturated carbocycles. The molecule has 6 nitrogen and oxygen atoms in total. The van der Waals surface area contributed by atoms with E-state index in [4.69, 9.17) is 14.2 Å². The zero-order valence-electron chi connectivity index (χ0n) is 19.5. The minimum atomic E-state index is -0.161. The second kappa shape index (κ2) is 11.0. The summed E-state index contributed by atoms with van der Waals surface area (Å²) in [6, 6.07) is 11.6. The molecule has 1 fully saturated rings. The first kappa shape index (κ1) is 23.6. The van der Waals surface area contributed by atoms with Gasteiger partial charge in [0.1, 0.15) is 18.1 Å². The predicted octanol–water partition coefficient (Wildman–Crippen LogP) is 4.70. The van der Waals surface area contributed by atoms with Crippen LogP contribution in [-0.2, 0) is 16.1 Å². The predicted molar refractivity (Wildman–Crippen MR) is 123 cm³/mol. The Morgan fingerprint density at radius 3 is 2.25 bits per heavy atom. The van der Waals surface area contributed by atoms with Crippen molar-refractivity contribution >= 4 is 11.9 Å². The molecule has 0 unspecified atom stereocenters. The van der Waals surface area contributed by atoms with Gasteiger partial charge in [-0.25, -0.2) is 0 Å². The molecule has 0 radical (unpaired) electrons. The van der Waals surface area contributed by atoms with Crippen LogP contribution in [0.5, 0.6) is 11.5 Å². The Morgan fingerprint density at radius 2 is 1.62 bits per heavy atom. The molecule has 1 heterocycles. The van der Waals surface area contributed by atoms with Crippen LogP contribution < -0.4 is 9.47 Å². The number of carbonyl (C=O) groups excluding carboxylic acids is 2. The maximum Gasteiger partial charge on any atom is 0.309 e. The van der Waals surface area contributed by atoms with Crippen molar-refractivity contribution in [3.63, 3.8) is 0 Å². The molecule has 0 aliphatic carbocycles. The first-order chi connectivity index (χ1) is 15.4. The highest BCUT2D eigenvalue weighted by atomic mass is 16.5. The number of benzene rings is 2. The van der Waals surface area contributed by atoms with Crippen molar-refractivity contribution in [2.24, 2.45) is 5.92 Å². The Labute approximate surface area is 190 Å². The molecule has 0 spiro atoms. The van der Waals surface area contributed by atoms with Crippen molar-refractivity contribution in [2.75, 3.05) is 26.3 Å². The van der Waals surface area contributed by atoms with Crippen molar-refractivity contribution in [1.82, 2.24) is 4.90 Å². The smallest absolute Gasteiger partial charge is 0.309 e. The number of hydrogen-bond donors (Lipinski definition) is 0. The SMILES string of the molecule is CCOC(=O)C1CCN(C(=O)c2ccc(OCC)c(COc3cc(C)cc(C)c3)c2)CC1. The molecule has 1 saturated heterocycles. The highest BCUT2D eigenvalue weighted by Crippen LogP contribution is 2.26. The van der Waals surface area contributed by atoms with E-state index < -0.39 is 0 Å². The van der Waals surface area contributed by atoms with Gasteiger partial charge < -0.3 is 19.1 Å². The lowest BCUT2D eigenvalue weighted by atomic mass is 9.96. The zero-order valence-corrected chi connectivity index (χ0v) is 19.5. The summed E-state index contributed by atoms with van der Waals surface area (Å²) < 4.78 is 16.9. The number of nitrogens with zero attached hydrogens (tertiary/aromatic N) is 1. The van der Waals surface area contributed by atoms with E-state index in [1.54, 1.807) is 11.0 Å². The van der Waals surface area contributed by atoms with Crippen LogP contribution in [0.15, 0.2) is 36.4 Å². The Kier molecular flexibility index (Phi) is 8.14. The maximum atomic E-state index is 13.1. The van der Waals surface area contributed by atoms with Gasteiger partial charge in [0.05, 0.1) is 19.1 Å². The molecule has 172 valence electrons. The van der Waals surface area contributed by atoms with Crippen LogP contribution in [0, 0.1) is 19.8 Å². The zero-order chi connectivity index (χ0) is 23.1. The molecular formula is C26H33NO5. The average molecular weight is 440 g/mol. The number of hydrogen-bond acceptors (Lipinski definition) is 5. The first-order valence-electron chi connectivity index (χ1n) is 11.3. The first-order valence-corrected chi connectivity index (χ1v) is 11.3. The van der Waals surface area contributed by atoms with Crippen LogP contribution in [0.1, 0.15) is 53.7 Å². The molecule has 1 aliphatic heterocycles. The fourth-order valence-electron chi connectivity index (χ4n) is 4.06. The van der Waals surface area contributed by atoms with Gasteiger partial charge in [-0.05, 0) is 82.0 Å². The van der Waals surface area contributed by atoms with Crippen LogP contribution in [0.2, 0.25) is 0 Å². The Balaban J connectivity index is 1.70. The largest absolute Gasteiger partial charge is 0.493 e. The van der Waals surface area contributed by atoms with Gasteiger partial charge in [0, 0.05) is 24.2 Å². The number of rotatable bonds is 8. The topological polar surface area (TPSA) is 65.1 Å². The van der Waals surface area contributed by atoms with E-state index in [2.05, 4.69) is 6.07 Å². The molecule has 0 atom stereocenters. The third kappa shape index (κ3) is 6.02. The summed E-state index contributed by atoms with van der Waals surface area (Å²) in [6.45, 7) is 10.1. The monoisotopic (exact) mass is 439 g/mol. The summed E-state index contributed by atoms with van der Waals surface area (Å²) in [5, 5.41) is 0. The third-order valence-electron chi connectivity index (χ3n) is 5.60. The van der Waals surface area contributed by atoms with Gasteiger partial charge in [0.15, 0.2) is 0 Å². The molecule has 3 rings (SSSR count). The van der Waals surface area contributed by atoms with Gasteiger partial charge in [-0.3, -0.25) is 9.59 Å². The van der Waals surface area contributed by atoms with Crippen molar-refractivity contribution < 1.29 is 23.8 Å². The van der Waals surface area contributed by atoms with Crippen LogP contribution in [0.3, 0.4) is 0 Å². The van der Waals surface area contributed by atoms with E-state index in [1.807, 2.05) is 52.0 Å². The van der Waals surface area contributed by atoms with E-state index in [-0.39, 0.29) is 17.8 Å².